The van der Waals surface area contributed by atoms with Crippen molar-refractivity contribution in [1.29, 1.82) is 0 Å². The first-order valence-electron chi connectivity index (χ1n) is 7.89. The summed E-state index contributed by atoms with van der Waals surface area (Å²) in [4.78, 5) is 0.238. The summed E-state index contributed by atoms with van der Waals surface area (Å²) in [6.45, 7) is 5.26. The van der Waals surface area contributed by atoms with Gasteiger partial charge in [0.1, 0.15) is 13.2 Å². The molecule has 6 heteroatoms. The first-order valence-corrected chi connectivity index (χ1v) is 9.37. The summed E-state index contributed by atoms with van der Waals surface area (Å²) in [5.41, 5.74) is 0. The molecule has 1 heterocycles. The fourth-order valence-electron chi connectivity index (χ4n) is 3.21. The zero-order chi connectivity index (χ0) is 15.7. The molecule has 1 fully saturated rings. The van der Waals surface area contributed by atoms with Crippen LogP contribution in [-0.2, 0) is 10.0 Å². The molecule has 22 heavy (non-hydrogen) atoms. The number of ether oxygens (including phenoxy) is 2. The maximum absolute atomic E-state index is 12.6. The highest BCUT2D eigenvalue weighted by Crippen LogP contribution is 2.34. The second kappa shape index (κ2) is 6.08. The van der Waals surface area contributed by atoms with E-state index in [1.165, 1.54) is 6.42 Å². The SMILES string of the molecule is C[C@@H]1[C@H](C)CCC[C@@H]1NS(=O)(=O)c1ccc2c(c1)OCCO2. The Labute approximate surface area is 132 Å². The zero-order valence-electron chi connectivity index (χ0n) is 13.0. The molecule has 0 aromatic heterocycles. The van der Waals surface area contributed by atoms with Crippen LogP contribution < -0.4 is 14.2 Å². The standard InChI is InChI=1S/C16H23NO4S/c1-11-4-3-5-14(12(11)2)17-22(18,19)13-6-7-15-16(10-13)21-9-8-20-15/h6-7,10-12,14,17H,3-5,8-9H2,1-2H3/t11-,12-,14+/m1/s1. The van der Waals surface area contributed by atoms with Crippen LogP contribution in [0.15, 0.2) is 23.1 Å². The van der Waals surface area contributed by atoms with Crippen molar-refractivity contribution in [3.63, 3.8) is 0 Å². The van der Waals surface area contributed by atoms with E-state index in [0.717, 1.165) is 12.8 Å². The minimum absolute atomic E-state index is 0.00181. The molecular formula is C16H23NO4S. The topological polar surface area (TPSA) is 64.6 Å². The third-order valence-corrected chi connectivity index (χ3v) is 6.32. The Morgan fingerprint density at radius 3 is 2.59 bits per heavy atom. The monoisotopic (exact) mass is 325 g/mol. The van der Waals surface area contributed by atoms with Gasteiger partial charge in [-0.05, 0) is 30.4 Å². The van der Waals surface area contributed by atoms with Crippen LogP contribution in [0.2, 0.25) is 0 Å². The van der Waals surface area contributed by atoms with Gasteiger partial charge in [0.2, 0.25) is 10.0 Å². The number of hydrogen-bond acceptors (Lipinski definition) is 4. The highest BCUT2D eigenvalue weighted by molar-refractivity contribution is 7.89. The number of rotatable bonds is 3. The number of hydrogen-bond donors (Lipinski definition) is 1. The molecule has 0 radical (unpaired) electrons. The van der Waals surface area contributed by atoms with Crippen LogP contribution in [-0.4, -0.2) is 27.7 Å². The molecule has 0 saturated heterocycles. The second-order valence-electron chi connectivity index (χ2n) is 6.30. The van der Waals surface area contributed by atoms with E-state index in [1.807, 2.05) is 0 Å². The maximum atomic E-state index is 12.6. The Balaban J connectivity index is 1.80. The van der Waals surface area contributed by atoms with Gasteiger partial charge < -0.3 is 9.47 Å². The Hall–Kier alpha value is -1.27. The van der Waals surface area contributed by atoms with Gasteiger partial charge in [-0.1, -0.05) is 26.7 Å². The Morgan fingerprint density at radius 2 is 1.82 bits per heavy atom. The molecule has 0 unspecified atom stereocenters. The van der Waals surface area contributed by atoms with Crippen LogP contribution in [0.3, 0.4) is 0 Å². The fourth-order valence-corrected chi connectivity index (χ4v) is 4.58. The van der Waals surface area contributed by atoms with Gasteiger partial charge in [0.15, 0.2) is 11.5 Å². The lowest BCUT2D eigenvalue weighted by atomic mass is 9.78. The van der Waals surface area contributed by atoms with E-state index >= 15 is 0 Å². The van der Waals surface area contributed by atoms with Gasteiger partial charge in [0.05, 0.1) is 4.90 Å². The predicted octanol–water partition coefficient (Wildman–Crippen LogP) is 2.56. The molecule has 1 aromatic rings. The van der Waals surface area contributed by atoms with Crippen molar-refractivity contribution >= 4 is 10.0 Å². The molecule has 1 aromatic carbocycles. The lowest BCUT2D eigenvalue weighted by molar-refractivity contribution is 0.171. The third kappa shape index (κ3) is 3.08. The highest BCUT2D eigenvalue weighted by atomic mass is 32.2. The average molecular weight is 325 g/mol. The quantitative estimate of drug-likeness (QED) is 0.927. The largest absolute Gasteiger partial charge is 0.486 e. The van der Waals surface area contributed by atoms with Gasteiger partial charge >= 0.3 is 0 Å². The molecule has 5 nitrogen and oxygen atoms in total. The summed E-state index contributed by atoms with van der Waals surface area (Å²) >= 11 is 0. The van der Waals surface area contributed by atoms with Crippen LogP contribution in [0.1, 0.15) is 33.1 Å². The van der Waals surface area contributed by atoms with Gasteiger partial charge in [0, 0.05) is 12.1 Å². The van der Waals surface area contributed by atoms with Crippen molar-refractivity contribution in [1.82, 2.24) is 4.72 Å². The van der Waals surface area contributed by atoms with Crippen molar-refractivity contribution in [2.45, 2.75) is 44.0 Å². The van der Waals surface area contributed by atoms with Gasteiger partial charge in [0.25, 0.3) is 0 Å². The van der Waals surface area contributed by atoms with E-state index in [-0.39, 0.29) is 10.9 Å². The molecule has 1 N–H and O–H groups in total. The van der Waals surface area contributed by atoms with E-state index in [4.69, 9.17) is 9.47 Å². The molecule has 2 aliphatic rings. The van der Waals surface area contributed by atoms with Crippen molar-refractivity contribution < 1.29 is 17.9 Å². The smallest absolute Gasteiger partial charge is 0.240 e. The van der Waals surface area contributed by atoms with Gasteiger partial charge in [-0.25, -0.2) is 13.1 Å². The normalized spacial score (nSPS) is 28.4. The van der Waals surface area contributed by atoms with Crippen molar-refractivity contribution in [2.75, 3.05) is 13.2 Å². The fraction of sp³-hybridized carbons (Fsp3) is 0.625. The minimum atomic E-state index is -3.54. The molecule has 3 rings (SSSR count). The summed E-state index contributed by atoms with van der Waals surface area (Å²) in [5.74, 6) is 1.99. The van der Waals surface area contributed by atoms with Crippen LogP contribution in [0.5, 0.6) is 11.5 Å². The summed E-state index contributed by atoms with van der Waals surface area (Å²) in [6.07, 6.45) is 3.14. The van der Waals surface area contributed by atoms with Crippen molar-refractivity contribution in [2.24, 2.45) is 11.8 Å². The lowest BCUT2D eigenvalue weighted by Gasteiger charge is -2.34. The number of fused-ring (bicyclic) bond motifs is 1. The minimum Gasteiger partial charge on any atom is -0.486 e. The lowest BCUT2D eigenvalue weighted by Crippen LogP contribution is -2.43. The summed E-state index contributed by atoms with van der Waals surface area (Å²) in [6, 6.07) is 4.79. The Morgan fingerprint density at radius 1 is 1.09 bits per heavy atom. The molecule has 122 valence electrons. The van der Waals surface area contributed by atoms with Crippen LogP contribution in [0, 0.1) is 11.8 Å². The molecule has 0 bridgehead atoms. The van der Waals surface area contributed by atoms with Crippen LogP contribution in [0.4, 0.5) is 0 Å². The van der Waals surface area contributed by atoms with Crippen molar-refractivity contribution in [3.05, 3.63) is 18.2 Å². The summed E-state index contributed by atoms with van der Waals surface area (Å²) in [7, 11) is -3.54. The van der Waals surface area contributed by atoms with Gasteiger partial charge in [-0.2, -0.15) is 0 Å². The number of benzene rings is 1. The number of nitrogens with one attached hydrogen (secondary N) is 1. The predicted molar refractivity (Wildman–Crippen MR) is 83.7 cm³/mol. The molecule has 3 atom stereocenters. The van der Waals surface area contributed by atoms with Gasteiger partial charge in [-0.15, -0.1) is 0 Å². The maximum Gasteiger partial charge on any atom is 0.240 e. The third-order valence-electron chi connectivity index (χ3n) is 4.84. The first-order chi connectivity index (χ1) is 10.5. The van der Waals surface area contributed by atoms with Crippen molar-refractivity contribution in [3.8, 4) is 11.5 Å². The van der Waals surface area contributed by atoms with Gasteiger partial charge in [-0.3, -0.25) is 0 Å². The Bertz CT molecular complexity index is 644. The first kappa shape index (κ1) is 15.6. The molecule has 1 aliphatic heterocycles. The summed E-state index contributed by atoms with van der Waals surface area (Å²) in [5, 5.41) is 0. The number of sulfonamides is 1. The van der Waals surface area contributed by atoms with E-state index in [0.29, 0.717) is 36.5 Å². The molecule has 1 saturated carbocycles. The van der Waals surface area contributed by atoms with E-state index in [1.54, 1.807) is 18.2 Å². The average Bonchev–Trinajstić information content (AvgIpc) is 2.51. The van der Waals surface area contributed by atoms with Crippen LogP contribution >= 0.6 is 0 Å². The Kier molecular flexibility index (Phi) is 4.32. The molecule has 1 aliphatic carbocycles. The van der Waals surface area contributed by atoms with E-state index in [9.17, 15) is 8.42 Å². The highest BCUT2D eigenvalue weighted by Gasteiger charge is 2.31. The molecule has 0 spiro atoms. The second-order valence-corrected chi connectivity index (χ2v) is 8.01. The molecule has 0 amide bonds. The molecular weight excluding hydrogens is 302 g/mol. The zero-order valence-corrected chi connectivity index (χ0v) is 13.9. The summed E-state index contributed by atoms with van der Waals surface area (Å²) < 4.78 is 39.0. The van der Waals surface area contributed by atoms with E-state index in [2.05, 4.69) is 18.6 Å². The van der Waals surface area contributed by atoms with Crippen LogP contribution in [0.25, 0.3) is 0 Å². The van der Waals surface area contributed by atoms with E-state index < -0.39 is 10.0 Å².